The number of aliphatic hydroxyl groups excluding tert-OH is 1. The van der Waals surface area contributed by atoms with Gasteiger partial charge in [0.15, 0.2) is 9.84 Å². The average molecular weight is 349 g/mol. The maximum absolute atomic E-state index is 11.7. The molecule has 1 aliphatic rings. The summed E-state index contributed by atoms with van der Waals surface area (Å²) in [6.07, 6.45) is 4.44. The molecule has 1 atom stereocenters. The van der Waals surface area contributed by atoms with Crippen LogP contribution >= 0.6 is 0 Å². The zero-order valence-corrected chi connectivity index (χ0v) is 14.4. The van der Waals surface area contributed by atoms with Gasteiger partial charge in [0.2, 0.25) is 0 Å². The molecule has 0 aliphatic carbocycles. The molecule has 1 aromatic carbocycles. The summed E-state index contributed by atoms with van der Waals surface area (Å²) in [6.45, 7) is 1.81. The number of aliphatic hydroxyl groups is 1. The van der Waals surface area contributed by atoms with Crippen LogP contribution in [-0.4, -0.2) is 58.9 Å². The second kappa shape index (κ2) is 7.46. The van der Waals surface area contributed by atoms with Gasteiger partial charge < -0.3 is 5.11 Å². The minimum Gasteiger partial charge on any atom is -0.395 e. The van der Waals surface area contributed by atoms with Crippen molar-refractivity contribution in [1.82, 2.24) is 14.7 Å². The van der Waals surface area contributed by atoms with Crippen LogP contribution in [0.2, 0.25) is 0 Å². The second-order valence-corrected chi connectivity index (χ2v) is 8.51. The van der Waals surface area contributed by atoms with Crippen LogP contribution in [0.25, 0.3) is 0 Å². The highest BCUT2D eigenvalue weighted by Gasteiger charge is 2.32. The minimum atomic E-state index is -2.93. The van der Waals surface area contributed by atoms with Crippen LogP contribution in [0.1, 0.15) is 17.5 Å². The van der Waals surface area contributed by atoms with Gasteiger partial charge in [0.1, 0.15) is 0 Å². The molecule has 0 saturated carbocycles. The van der Waals surface area contributed by atoms with Crippen LogP contribution in [0, 0.1) is 0 Å². The van der Waals surface area contributed by atoms with Crippen molar-refractivity contribution in [3.05, 3.63) is 53.9 Å². The standard InChI is InChI=1S/C17H23N3O3S/c21-8-7-19(17-6-9-24(22,23)14-17)11-16-10-18-20(13-16)12-15-4-2-1-3-5-15/h1-5,10,13,17,21H,6-9,11-12,14H2. The molecule has 130 valence electrons. The molecule has 1 N–H and O–H groups in total. The number of hydrogen-bond donors (Lipinski definition) is 1. The Balaban J connectivity index is 1.65. The van der Waals surface area contributed by atoms with Crippen molar-refractivity contribution < 1.29 is 13.5 Å². The first kappa shape index (κ1) is 17.1. The third kappa shape index (κ3) is 4.43. The van der Waals surface area contributed by atoms with Gasteiger partial charge in [-0.15, -0.1) is 0 Å². The van der Waals surface area contributed by atoms with Gasteiger partial charge >= 0.3 is 0 Å². The molecule has 0 radical (unpaired) electrons. The lowest BCUT2D eigenvalue weighted by atomic mass is 10.2. The van der Waals surface area contributed by atoms with Crippen LogP contribution in [-0.2, 0) is 22.9 Å². The van der Waals surface area contributed by atoms with Crippen molar-refractivity contribution >= 4 is 9.84 Å². The molecular formula is C17H23N3O3S. The van der Waals surface area contributed by atoms with Crippen LogP contribution in [0.5, 0.6) is 0 Å². The van der Waals surface area contributed by atoms with E-state index in [1.807, 2.05) is 35.3 Å². The van der Waals surface area contributed by atoms with Gasteiger partial charge in [-0.2, -0.15) is 5.10 Å². The van der Waals surface area contributed by atoms with E-state index in [1.54, 1.807) is 0 Å². The first-order valence-electron chi connectivity index (χ1n) is 8.16. The molecule has 2 aromatic rings. The average Bonchev–Trinajstić information content (AvgIpc) is 3.14. The number of rotatable bonds is 7. The fourth-order valence-electron chi connectivity index (χ4n) is 3.16. The summed E-state index contributed by atoms with van der Waals surface area (Å²) in [5, 5.41) is 13.7. The smallest absolute Gasteiger partial charge is 0.151 e. The summed E-state index contributed by atoms with van der Waals surface area (Å²) in [5.74, 6) is 0.429. The zero-order chi connectivity index (χ0) is 17.0. The van der Waals surface area contributed by atoms with Gasteiger partial charge in [-0.3, -0.25) is 9.58 Å². The lowest BCUT2D eigenvalue weighted by molar-refractivity contribution is 0.153. The maximum Gasteiger partial charge on any atom is 0.151 e. The Morgan fingerprint density at radius 1 is 1.25 bits per heavy atom. The normalized spacial score (nSPS) is 19.8. The third-order valence-corrected chi connectivity index (χ3v) is 6.12. The molecular weight excluding hydrogens is 326 g/mol. The quantitative estimate of drug-likeness (QED) is 0.804. The molecule has 1 aliphatic heterocycles. The highest BCUT2D eigenvalue weighted by atomic mass is 32.2. The first-order valence-corrected chi connectivity index (χ1v) is 9.98. The largest absolute Gasteiger partial charge is 0.395 e. The SMILES string of the molecule is O=S1(=O)CCC(N(CCO)Cc2cnn(Cc3ccccc3)c2)C1. The number of sulfone groups is 1. The van der Waals surface area contributed by atoms with E-state index in [0.717, 1.165) is 5.56 Å². The van der Waals surface area contributed by atoms with E-state index in [2.05, 4.69) is 22.1 Å². The third-order valence-electron chi connectivity index (χ3n) is 4.37. The number of nitrogens with zero attached hydrogens (tertiary/aromatic N) is 3. The van der Waals surface area contributed by atoms with Gasteiger partial charge in [-0.1, -0.05) is 30.3 Å². The molecule has 7 heteroatoms. The molecule has 6 nitrogen and oxygen atoms in total. The number of benzene rings is 1. The Kier molecular flexibility index (Phi) is 5.33. The molecule has 0 spiro atoms. The first-order chi connectivity index (χ1) is 11.6. The fraction of sp³-hybridized carbons (Fsp3) is 0.471. The Morgan fingerprint density at radius 3 is 2.71 bits per heavy atom. The van der Waals surface area contributed by atoms with Gasteiger partial charge in [0.25, 0.3) is 0 Å². The maximum atomic E-state index is 11.7. The van der Waals surface area contributed by atoms with Crippen molar-refractivity contribution in [3.8, 4) is 0 Å². The fourth-order valence-corrected chi connectivity index (χ4v) is 4.92. The lowest BCUT2D eigenvalue weighted by Crippen LogP contribution is -2.37. The van der Waals surface area contributed by atoms with Crippen molar-refractivity contribution in [2.75, 3.05) is 24.7 Å². The van der Waals surface area contributed by atoms with Gasteiger partial charge in [0.05, 0.1) is 30.9 Å². The van der Waals surface area contributed by atoms with Crippen molar-refractivity contribution in [2.45, 2.75) is 25.6 Å². The lowest BCUT2D eigenvalue weighted by Gasteiger charge is -2.26. The van der Waals surface area contributed by atoms with E-state index in [-0.39, 0.29) is 24.2 Å². The summed E-state index contributed by atoms with van der Waals surface area (Å²) < 4.78 is 25.3. The Hall–Kier alpha value is -1.70. The van der Waals surface area contributed by atoms with E-state index in [1.165, 1.54) is 5.56 Å². The highest BCUT2D eigenvalue weighted by molar-refractivity contribution is 7.91. The Morgan fingerprint density at radius 2 is 2.04 bits per heavy atom. The molecule has 1 unspecified atom stereocenters. The van der Waals surface area contributed by atoms with Crippen LogP contribution in [0.3, 0.4) is 0 Å². The minimum absolute atomic E-state index is 0.0142. The summed E-state index contributed by atoms with van der Waals surface area (Å²) in [5.41, 5.74) is 2.21. The molecule has 1 aromatic heterocycles. The molecule has 2 heterocycles. The van der Waals surface area contributed by atoms with E-state index in [0.29, 0.717) is 26.1 Å². The van der Waals surface area contributed by atoms with Gasteiger partial charge in [-0.25, -0.2) is 8.42 Å². The van der Waals surface area contributed by atoms with Crippen molar-refractivity contribution in [2.24, 2.45) is 0 Å². The van der Waals surface area contributed by atoms with E-state index in [9.17, 15) is 13.5 Å². The van der Waals surface area contributed by atoms with Crippen molar-refractivity contribution in [3.63, 3.8) is 0 Å². The zero-order valence-electron chi connectivity index (χ0n) is 13.6. The molecule has 24 heavy (non-hydrogen) atoms. The second-order valence-electron chi connectivity index (χ2n) is 6.28. The molecule has 1 fully saturated rings. The molecule has 1 saturated heterocycles. The van der Waals surface area contributed by atoms with Crippen LogP contribution < -0.4 is 0 Å². The summed E-state index contributed by atoms with van der Waals surface area (Å²) in [4.78, 5) is 2.05. The number of aromatic nitrogens is 2. The molecule has 0 amide bonds. The number of hydrogen-bond acceptors (Lipinski definition) is 5. The monoisotopic (exact) mass is 349 g/mol. The summed E-state index contributed by atoms with van der Waals surface area (Å²) >= 11 is 0. The molecule has 3 rings (SSSR count). The van der Waals surface area contributed by atoms with Crippen LogP contribution in [0.15, 0.2) is 42.7 Å². The van der Waals surface area contributed by atoms with Crippen LogP contribution in [0.4, 0.5) is 0 Å². The summed E-state index contributed by atoms with van der Waals surface area (Å²) in [6, 6.07) is 10.1. The van der Waals surface area contributed by atoms with Gasteiger partial charge in [-0.05, 0) is 12.0 Å². The van der Waals surface area contributed by atoms with E-state index in [4.69, 9.17) is 0 Å². The van der Waals surface area contributed by atoms with Crippen molar-refractivity contribution in [1.29, 1.82) is 0 Å². The Bertz CT molecular complexity index is 758. The molecule has 0 bridgehead atoms. The summed E-state index contributed by atoms with van der Waals surface area (Å²) in [7, 11) is -2.93. The van der Waals surface area contributed by atoms with E-state index >= 15 is 0 Å². The van der Waals surface area contributed by atoms with Gasteiger partial charge in [0, 0.05) is 30.9 Å². The van der Waals surface area contributed by atoms with E-state index < -0.39 is 9.84 Å². The Labute approximate surface area is 142 Å². The highest BCUT2D eigenvalue weighted by Crippen LogP contribution is 2.19. The predicted octanol–water partition coefficient (Wildman–Crippen LogP) is 0.913. The predicted molar refractivity (Wildman–Crippen MR) is 92.3 cm³/mol. The topological polar surface area (TPSA) is 75.4 Å².